The van der Waals surface area contributed by atoms with Gasteiger partial charge < -0.3 is 10.1 Å². The van der Waals surface area contributed by atoms with E-state index in [9.17, 15) is 9.59 Å². The van der Waals surface area contributed by atoms with Crippen molar-refractivity contribution in [1.29, 1.82) is 0 Å². The Kier molecular flexibility index (Phi) is 7.13. The van der Waals surface area contributed by atoms with Crippen LogP contribution in [0.5, 0.6) is 0 Å². The molecule has 1 saturated heterocycles. The van der Waals surface area contributed by atoms with Gasteiger partial charge in [0.25, 0.3) is 0 Å². The Morgan fingerprint density at radius 1 is 0.897 bits per heavy atom. The van der Waals surface area contributed by atoms with Crippen molar-refractivity contribution in [1.82, 2.24) is 5.32 Å². The van der Waals surface area contributed by atoms with Crippen LogP contribution in [-0.2, 0) is 14.3 Å². The summed E-state index contributed by atoms with van der Waals surface area (Å²) >= 11 is 0. The quantitative estimate of drug-likeness (QED) is 0.610. The molecular weight excluding hydrogens is 362 g/mol. The molecule has 0 spiro atoms. The van der Waals surface area contributed by atoms with Crippen LogP contribution in [0.3, 0.4) is 0 Å². The minimum absolute atomic E-state index is 0.0258. The fraction of sp³-hybridized carbons (Fsp3) is 0.920. The van der Waals surface area contributed by atoms with E-state index in [1.807, 2.05) is 0 Å². The molecule has 0 aromatic rings. The molecule has 1 unspecified atom stereocenters. The monoisotopic (exact) mass is 405 g/mol. The van der Waals surface area contributed by atoms with Crippen molar-refractivity contribution in [3.8, 4) is 0 Å². The summed E-state index contributed by atoms with van der Waals surface area (Å²) in [6.07, 6.45) is 10.7. The van der Waals surface area contributed by atoms with Crippen molar-refractivity contribution < 1.29 is 14.3 Å². The van der Waals surface area contributed by atoms with Crippen LogP contribution in [0.1, 0.15) is 98.8 Å². The van der Waals surface area contributed by atoms with Gasteiger partial charge in [-0.3, -0.25) is 9.59 Å². The first kappa shape index (κ1) is 22.8. The lowest BCUT2D eigenvalue weighted by molar-refractivity contribution is -0.152. The average Bonchev–Trinajstić information content (AvgIpc) is 2.89. The molecule has 3 aliphatic rings. The Morgan fingerprint density at radius 3 is 2.03 bits per heavy atom. The van der Waals surface area contributed by atoms with Crippen molar-refractivity contribution in [2.24, 2.45) is 29.6 Å². The van der Waals surface area contributed by atoms with Gasteiger partial charge in [-0.2, -0.15) is 0 Å². The number of carbonyl (C=O) groups is 2. The summed E-state index contributed by atoms with van der Waals surface area (Å²) in [4.78, 5) is 25.4. The summed E-state index contributed by atoms with van der Waals surface area (Å²) in [6.45, 7) is 11.3. The van der Waals surface area contributed by atoms with Crippen molar-refractivity contribution in [3.05, 3.63) is 0 Å². The van der Waals surface area contributed by atoms with Gasteiger partial charge in [0, 0.05) is 23.4 Å². The predicted molar refractivity (Wildman–Crippen MR) is 117 cm³/mol. The third kappa shape index (κ3) is 6.06. The van der Waals surface area contributed by atoms with Crippen LogP contribution in [0.25, 0.3) is 0 Å². The third-order valence-electron chi connectivity index (χ3n) is 7.92. The van der Waals surface area contributed by atoms with E-state index in [2.05, 4.69) is 39.9 Å². The van der Waals surface area contributed by atoms with Gasteiger partial charge in [-0.1, -0.05) is 19.8 Å². The van der Waals surface area contributed by atoms with E-state index in [4.69, 9.17) is 4.74 Å². The number of Topliss-reactive ketones (excluding diaryl/α,β-unsaturated/α-hetero) is 1. The molecular formula is C25H43NO3. The second-order valence-electron chi connectivity index (χ2n) is 11.6. The highest BCUT2D eigenvalue weighted by Gasteiger charge is 2.48. The SMILES string of the molecule is CC1CCC(CC(=O)C2CCC(COC(=O)C3CC(C)(C)NC3(C)C)CC2)CC1. The van der Waals surface area contributed by atoms with Crippen LogP contribution in [0, 0.1) is 29.6 Å². The molecule has 29 heavy (non-hydrogen) atoms. The lowest BCUT2D eigenvalue weighted by Crippen LogP contribution is -2.46. The van der Waals surface area contributed by atoms with Gasteiger partial charge >= 0.3 is 5.97 Å². The standard InChI is InChI=1S/C25H43NO3/c1-17-6-8-18(9-7-17)14-22(27)20-12-10-19(11-13-20)16-29-23(28)21-15-24(2,3)26-25(21,4)5/h17-21,26H,6-16H2,1-5H3. The first-order chi connectivity index (χ1) is 13.6. The zero-order valence-corrected chi connectivity index (χ0v) is 19.4. The number of ketones is 1. The smallest absolute Gasteiger partial charge is 0.310 e. The molecule has 2 saturated carbocycles. The van der Waals surface area contributed by atoms with Crippen molar-refractivity contribution >= 4 is 11.8 Å². The molecule has 0 radical (unpaired) electrons. The maximum absolute atomic E-state index is 12.7. The molecule has 166 valence electrons. The fourth-order valence-electron chi connectivity index (χ4n) is 6.09. The Balaban J connectivity index is 1.37. The van der Waals surface area contributed by atoms with E-state index in [1.54, 1.807) is 0 Å². The molecule has 1 heterocycles. The van der Waals surface area contributed by atoms with E-state index in [1.165, 1.54) is 25.7 Å². The largest absolute Gasteiger partial charge is 0.465 e. The number of hydrogen-bond acceptors (Lipinski definition) is 4. The topological polar surface area (TPSA) is 55.4 Å². The third-order valence-corrected chi connectivity index (χ3v) is 7.92. The Hall–Kier alpha value is -0.900. The molecule has 1 atom stereocenters. The van der Waals surface area contributed by atoms with Crippen LogP contribution in [0.15, 0.2) is 0 Å². The van der Waals surface area contributed by atoms with Gasteiger partial charge in [0.1, 0.15) is 5.78 Å². The van der Waals surface area contributed by atoms with Crippen molar-refractivity contribution in [3.63, 3.8) is 0 Å². The fourth-order valence-corrected chi connectivity index (χ4v) is 6.09. The molecule has 0 bridgehead atoms. The normalized spacial score (nSPS) is 36.5. The minimum Gasteiger partial charge on any atom is -0.465 e. The molecule has 1 N–H and O–H groups in total. The summed E-state index contributed by atoms with van der Waals surface area (Å²) in [6, 6.07) is 0. The van der Waals surface area contributed by atoms with E-state index >= 15 is 0 Å². The highest BCUT2D eigenvalue weighted by Crippen LogP contribution is 2.38. The molecule has 0 aromatic heterocycles. The maximum Gasteiger partial charge on any atom is 0.310 e. The minimum atomic E-state index is -0.221. The second kappa shape index (κ2) is 9.08. The molecule has 2 aliphatic carbocycles. The molecule has 3 rings (SSSR count). The summed E-state index contributed by atoms with van der Waals surface area (Å²) in [7, 11) is 0. The Labute approximate surface area is 177 Å². The lowest BCUT2D eigenvalue weighted by Gasteiger charge is -2.31. The highest BCUT2D eigenvalue weighted by molar-refractivity contribution is 5.81. The van der Waals surface area contributed by atoms with Gasteiger partial charge in [-0.15, -0.1) is 0 Å². The van der Waals surface area contributed by atoms with Crippen molar-refractivity contribution in [2.75, 3.05) is 6.61 Å². The van der Waals surface area contributed by atoms with Crippen LogP contribution >= 0.6 is 0 Å². The van der Waals surface area contributed by atoms with Gasteiger partial charge in [-0.25, -0.2) is 0 Å². The van der Waals surface area contributed by atoms with Crippen LogP contribution in [0.4, 0.5) is 0 Å². The van der Waals surface area contributed by atoms with E-state index in [0.29, 0.717) is 24.2 Å². The Bertz CT molecular complexity index is 581. The van der Waals surface area contributed by atoms with Gasteiger partial charge in [-0.05, 0) is 90.4 Å². The molecule has 1 aliphatic heterocycles. The summed E-state index contributed by atoms with van der Waals surface area (Å²) < 4.78 is 5.76. The zero-order valence-electron chi connectivity index (χ0n) is 19.4. The first-order valence-electron chi connectivity index (χ1n) is 12.0. The summed E-state index contributed by atoms with van der Waals surface area (Å²) in [5, 5.41) is 3.55. The van der Waals surface area contributed by atoms with Crippen molar-refractivity contribution in [2.45, 2.75) is 110 Å². The number of ether oxygens (including phenoxy) is 1. The van der Waals surface area contributed by atoms with E-state index in [-0.39, 0.29) is 28.9 Å². The number of esters is 1. The van der Waals surface area contributed by atoms with Gasteiger partial charge in [0.2, 0.25) is 0 Å². The molecule has 3 fully saturated rings. The van der Waals surface area contributed by atoms with Crippen LogP contribution in [-0.4, -0.2) is 29.4 Å². The number of rotatable bonds is 6. The van der Waals surface area contributed by atoms with E-state index < -0.39 is 0 Å². The highest BCUT2D eigenvalue weighted by atomic mass is 16.5. The first-order valence-corrected chi connectivity index (χ1v) is 12.0. The molecule has 4 heteroatoms. The Morgan fingerprint density at radius 2 is 1.48 bits per heavy atom. The molecule has 0 aromatic carbocycles. The van der Waals surface area contributed by atoms with Gasteiger partial charge in [0.05, 0.1) is 12.5 Å². The zero-order chi connectivity index (χ0) is 21.2. The number of hydrogen-bond donors (Lipinski definition) is 1. The summed E-state index contributed by atoms with van der Waals surface area (Å²) in [5.41, 5.74) is -0.246. The lowest BCUT2D eigenvalue weighted by atomic mass is 9.75. The number of nitrogens with one attached hydrogen (secondary N) is 1. The number of carbonyl (C=O) groups excluding carboxylic acids is 2. The van der Waals surface area contributed by atoms with E-state index in [0.717, 1.165) is 44.4 Å². The average molecular weight is 406 g/mol. The maximum atomic E-state index is 12.7. The van der Waals surface area contributed by atoms with Gasteiger partial charge in [0.15, 0.2) is 0 Å². The molecule has 0 amide bonds. The second-order valence-corrected chi connectivity index (χ2v) is 11.6. The predicted octanol–water partition coefficient (Wildman–Crippen LogP) is 5.29. The van der Waals surface area contributed by atoms with Crippen LogP contribution < -0.4 is 5.32 Å². The summed E-state index contributed by atoms with van der Waals surface area (Å²) in [5.74, 6) is 2.50. The molecule has 4 nitrogen and oxygen atoms in total. The van der Waals surface area contributed by atoms with Crippen LogP contribution in [0.2, 0.25) is 0 Å².